The SMILES string of the molecule is CCOc1ccc(C(=O)CSC)cc1OCC. The Hall–Kier alpha value is -1.16. The lowest BCUT2D eigenvalue weighted by Crippen LogP contribution is -2.04. The van der Waals surface area contributed by atoms with E-state index in [1.54, 1.807) is 18.2 Å². The van der Waals surface area contributed by atoms with Crippen LogP contribution in [0.25, 0.3) is 0 Å². The Morgan fingerprint density at radius 3 is 2.41 bits per heavy atom. The maximum atomic E-state index is 11.8. The van der Waals surface area contributed by atoms with E-state index in [0.29, 0.717) is 36.0 Å². The molecule has 0 saturated carbocycles. The molecule has 0 radical (unpaired) electrons. The molecule has 0 heterocycles. The van der Waals surface area contributed by atoms with E-state index >= 15 is 0 Å². The molecule has 0 spiro atoms. The average molecular weight is 254 g/mol. The van der Waals surface area contributed by atoms with Crippen LogP contribution in [0.4, 0.5) is 0 Å². The molecule has 0 bridgehead atoms. The second kappa shape index (κ2) is 7.22. The second-order valence-electron chi connectivity index (χ2n) is 3.38. The lowest BCUT2D eigenvalue weighted by Gasteiger charge is -2.11. The molecule has 3 nitrogen and oxygen atoms in total. The molecule has 94 valence electrons. The summed E-state index contributed by atoms with van der Waals surface area (Å²) in [6, 6.07) is 5.33. The average Bonchev–Trinajstić information content (AvgIpc) is 2.32. The van der Waals surface area contributed by atoms with Gasteiger partial charge in [-0.2, -0.15) is 11.8 Å². The van der Waals surface area contributed by atoms with Gasteiger partial charge >= 0.3 is 0 Å². The van der Waals surface area contributed by atoms with Gasteiger partial charge in [-0.15, -0.1) is 0 Å². The highest BCUT2D eigenvalue weighted by Crippen LogP contribution is 2.28. The molecular formula is C13H18O3S. The Kier molecular flexibility index (Phi) is 5.91. The molecule has 4 heteroatoms. The van der Waals surface area contributed by atoms with E-state index in [9.17, 15) is 4.79 Å². The molecular weight excluding hydrogens is 236 g/mol. The molecule has 17 heavy (non-hydrogen) atoms. The van der Waals surface area contributed by atoms with Crippen molar-refractivity contribution in [2.45, 2.75) is 13.8 Å². The van der Waals surface area contributed by atoms with Crippen molar-refractivity contribution in [2.24, 2.45) is 0 Å². The summed E-state index contributed by atoms with van der Waals surface area (Å²) < 4.78 is 10.9. The molecule has 0 unspecified atom stereocenters. The van der Waals surface area contributed by atoms with Gasteiger partial charge in [-0.05, 0) is 38.3 Å². The van der Waals surface area contributed by atoms with Crippen molar-refractivity contribution >= 4 is 17.5 Å². The van der Waals surface area contributed by atoms with Gasteiger partial charge in [-0.1, -0.05) is 0 Å². The Balaban J connectivity index is 2.95. The van der Waals surface area contributed by atoms with E-state index in [1.165, 1.54) is 11.8 Å². The number of hydrogen-bond donors (Lipinski definition) is 0. The minimum absolute atomic E-state index is 0.113. The van der Waals surface area contributed by atoms with E-state index in [1.807, 2.05) is 20.1 Å². The van der Waals surface area contributed by atoms with Crippen LogP contribution in [-0.4, -0.2) is 31.0 Å². The summed E-state index contributed by atoms with van der Waals surface area (Å²) in [7, 11) is 0. The summed E-state index contributed by atoms with van der Waals surface area (Å²) >= 11 is 1.52. The first-order valence-electron chi connectivity index (χ1n) is 5.64. The van der Waals surface area contributed by atoms with E-state index in [-0.39, 0.29) is 5.78 Å². The van der Waals surface area contributed by atoms with Crippen LogP contribution < -0.4 is 9.47 Å². The highest BCUT2D eigenvalue weighted by atomic mass is 32.2. The number of carbonyl (C=O) groups is 1. The minimum Gasteiger partial charge on any atom is -0.490 e. The highest BCUT2D eigenvalue weighted by molar-refractivity contribution is 7.99. The monoisotopic (exact) mass is 254 g/mol. The third-order valence-corrected chi connectivity index (χ3v) is 2.69. The van der Waals surface area contributed by atoms with E-state index in [0.717, 1.165) is 0 Å². The molecule has 0 amide bonds. The Labute approximate surface area is 106 Å². The Bertz CT molecular complexity index is 377. The lowest BCUT2D eigenvalue weighted by molar-refractivity contribution is 0.102. The van der Waals surface area contributed by atoms with Gasteiger partial charge in [0.1, 0.15) is 0 Å². The fourth-order valence-corrected chi connectivity index (χ4v) is 1.87. The summed E-state index contributed by atoms with van der Waals surface area (Å²) in [5.74, 6) is 1.93. The number of carbonyl (C=O) groups excluding carboxylic acids is 1. The van der Waals surface area contributed by atoms with Crippen LogP contribution in [-0.2, 0) is 0 Å². The molecule has 0 aliphatic carbocycles. The Morgan fingerprint density at radius 2 is 1.82 bits per heavy atom. The number of ether oxygens (including phenoxy) is 2. The van der Waals surface area contributed by atoms with Gasteiger partial charge in [-0.25, -0.2) is 0 Å². The summed E-state index contributed by atoms with van der Waals surface area (Å²) in [4.78, 5) is 11.8. The van der Waals surface area contributed by atoms with E-state index in [4.69, 9.17) is 9.47 Å². The normalized spacial score (nSPS) is 10.1. The maximum Gasteiger partial charge on any atom is 0.172 e. The van der Waals surface area contributed by atoms with Crippen molar-refractivity contribution in [3.63, 3.8) is 0 Å². The molecule has 0 N–H and O–H groups in total. The van der Waals surface area contributed by atoms with Crippen LogP contribution in [0.5, 0.6) is 11.5 Å². The van der Waals surface area contributed by atoms with Crippen LogP contribution >= 0.6 is 11.8 Å². The summed E-state index contributed by atoms with van der Waals surface area (Å²) in [6.45, 7) is 4.97. The molecule has 0 aliphatic heterocycles. The zero-order valence-corrected chi connectivity index (χ0v) is 11.3. The maximum absolute atomic E-state index is 11.8. The van der Waals surface area contributed by atoms with Crippen LogP contribution in [0, 0.1) is 0 Å². The number of thioether (sulfide) groups is 1. The quantitative estimate of drug-likeness (QED) is 0.701. The van der Waals surface area contributed by atoms with Crippen molar-refractivity contribution in [1.29, 1.82) is 0 Å². The number of rotatable bonds is 7. The van der Waals surface area contributed by atoms with Gasteiger partial charge in [0.05, 0.1) is 19.0 Å². The van der Waals surface area contributed by atoms with Crippen LogP contribution in [0.2, 0.25) is 0 Å². The smallest absolute Gasteiger partial charge is 0.172 e. The van der Waals surface area contributed by atoms with Crippen LogP contribution in [0.15, 0.2) is 18.2 Å². The first kappa shape index (κ1) is 13.9. The first-order chi connectivity index (χ1) is 8.22. The van der Waals surface area contributed by atoms with Crippen molar-refractivity contribution in [3.05, 3.63) is 23.8 Å². The molecule has 0 fully saturated rings. The van der Waals surface area contributed by atoms with E-state index in [2.05, 4.69) is 0 Å². The number of ketones is 1. The second-order valence-corrected chi connectivity index (χ2v) is 4.25. The van der Waals surface area contributed by atoms with Crippen molar-refractivity contribution in [3.8, 4) is 11.5 Å². The van der Waals surface area contributed by atoms with Crippen molar-refractivity contribution in [2.75, 3.05) is 25.2 Å². The number of hydrogen-bond acceptors (Lipinski definition) is 4. The molecule has 1 rings (SSSR count). The molecule has 1 aromatic rings. The minimum atomic E-state index is 0.113. The van der Waals surface area contributed by atoms with E-state index < -0.39 is 0 Å². The fraction of sp³-hybridized carbons (Fsp3) is 0.462. The topological polar surface area (TPSA) is 35.5 Å². The zero-order chi connectivity index (χ0) is 12.7. The Morgan fingerprint density at radius 1 is 1.18 bits per heavy atom. The highest BCUT2D eigenvalue weighted by Gasteiger charge is 2.10. The van der Waals surface area contributed by atoms with Gasteiger partial charge < -0.3 is 9.47 Å². The zero-order valence-electron chi connectivity index (χ0n) is 10.5. The predicted molar refractivity (Wildman–Crippen MR) is 71.5 cm³/mol. The third kappa shape index (κ3) is 3.97. The molecule has 0 saturated heterocycles. The molecule has 0 aliphatic rings. The number of Topliss-reactive ketones (excluding diaryl/α,β-unsaturated/α-hetero) is 1. The van der Waals surface area contributed by atoms with Crippen molar-refractivity contribution < 1.29 is 14.3 Å². The van der Waals surface area contributed by atoms with Gasteiger partial charge in [-0.3, -0.25) is 4.79 Å². The van der Waals surface area contributed by atoms with Gasteiger partial charge in [0.15, 0.2) is 17.3 Å². The molecule has 1 aromatic carbocycles. The first-order valence-corrected chi connectivity index (χ1v) is 7.04. The molecule has 0 atom stereocenters. The van der Waals surface area contributed by atoms with Crippen LogP contribution in [0.1, 0.15) is 24.2 Å². The van der Waals surface area contributed by atoms with Crippen molar-refractivity contribution in [1.82, 2.24) is 0 Å². The van der Waals surface area contributed by atoms with Gasteiger partial charge in [0.25, 0.3) is 0 Å². The summed E-state index contributed by atoms with van der Waals surface area (Å²) in [5.41, 5.74) is 0.672. The standard InChI is InChI=1S/C13H18O3S/c1-4-15-12-7-6-10(11(14)9-17-3)8-13(12)16-5-2/h6-8H,4-5,9H2,1-3H3. The predicted octanol–water partition coefficient (Wildman–Crippen LogP) is 3.03. The van der Waals surface area contributed by atoms with Gasteiger partial charge in [0, 0.05) is 5.56 Å². The fourth-order valence-electron chi connectivity index (χ4n) is 1.44. The summed E-state index contributed by atoms with van der Waals surface area (Å²) in [5, 5.41) is 0. The lowest BCUT2D eigenvalue weighted by atomic mass is 10.1. The third-order valence-electron chi connectivity index (χ3n) is 2.14. The largest absolute Gasteiger partial charge is 0.490 e. The van der Waals surface area contributed by atoms with Crippen LogP contribution in [0.3, 0.4) is 0 Å². The summed E-state index contributed by atoms with van der Waals surface area (Å²) in [6.07, 6.45) is 1.91. The van der Waals surface area contributed by atoms with Gasteiger partial charge in [0.2, 0.25) is 0 Å². The number of benzene rings is 1. The molecule has 0 aromatic heterocycles.